The number of carbonyl (C=O) groups is 1. The second-order valence-corrected chi connectivity index (χ2v) is 9.23. The van der Waals surface area contributed by atoms with Crippen LogP contribution in [0.2, 0.25) is 0 Å². The molecule has 10 heteroatoms. The van der Waals surface area contributed by atoms with Crippen molar-refractivity contribution in [3.63, 3.8) is 0 Å². The van der Waals surface area contributed by atoms with Gasteiger partial charge in [0.1, 0.15) is 0 Å². The van der Waals surface area contributed by atoms with Crippen molar-refractivity contribution in [3.8, 4) is 0 Å². The minimum atomic E-state index is -3.22. The molecule has 2 saturated heterocycles. The first-order valence-corrected chi connectivity index (χ1v) is 9.98. The van der Waals surface area contributed by atoms with Crippen LogP contribution in [0.4, 0.5) is 0 Å². The highest BCUT2D eigenvalue weighted by molar-refractivity contribution is 7.88. The van der Waals surface area contributed by atoms with E-state index in [1.165, 1.54) is 8.61 Å². The number of hydrogen-bond acceptors (Lipinski definition) is 5. The first-order valence-electron chi connectivity index (χ1n) is 6.28. The molecular weight excluding hydrogens is 306 g/mol. The second kappa shape index (κ2) is 5.24. The van der Waals surface area contributed by atoms with E-state index in [4.69, 9.17) is 0 Å². The van der Waals surface area contributed by atoms with Gasteiger partial charge in [-0.15, -0.1) is 0 Å². The third-order valence-electron chi connectivity index (χ3n) is 3.69. The molecule has 0 aromatic carbocycles. The molecule has 2 aliphatic rings. The topological polar surface area (TPSA) is 95.1 Å². The first kappa shape index (κ1) is 15.7. The average molecular weight is 325 g/mol. The van der Waals surface area contributed by atoms with Gasteiger partial charge in [-0.25, -0.2) is 21.1 Å². The Hall–Kier alpha value is -0.710. The van der Waals surface area contributed by atoms with E-state index < -0.39 is 20.0 Å². The van der Waals surface area contributed by atoms with Gasteiger partial charge in [0.2, 0.25) is 26.0 Å². The van der Waals surface area contributed by atoms with E-state index in [1.807, 2.05) is 0 Å². The molecule has 0 unspecified atom stereocenters. The van der Waals surface area contributed by atoms with Gasteiger partial charge in [-0.05, 0) is 0 Å². The molecule has 2 fully saturated rings. The molecule has 0 spiro atoms. The summed E-state index contributed by atoms with van der Waals surface area (Å²) in [4.78, 5) is 13.8. The Balaban J connectivity index is 1.85. The van der Waals surface area contributed by atoms with Crippen LogP contribution in [0.25, 0.3) is 0 Å². The Morgan fingerprint density at radius 2 is 1.30 bits per heavy atom. The molecule has 0 radical (unpaired) electrons. The summed E-state index contributed by atoms with van der Waals surface area (Å²) < 4.78 is 47.8. The van der Waals surface area contributed by atoms with E-state index in [0.717, 1.165) is 12.5 Å². The van der Waals surface area contributed by atoms with Crippen molar-refractivity contribution in [1.29, 1.82) is 0 Å². The van der Waals surface area contributed by atoms with Crippen LogP contribution in [0.3, 0.4) is 0 Å². The monoisotopic (exact) mass is 325 g/mol. The highest BCUT2D eigenvalue weighted by atomic mass is 32.2. The predicted molar refractivity (Wildman–Crippen MR) is 72.9 cm³/mol. The molecular formula is C10H19N3O5S2. The van der Waals surface area contributed by atoms with Crippen molar-refractivity contribution in [2.24, 2.45) is 5.92 Å². The molecule has 116 valence electrons. The number of sulfonamides is 2. The van der Waals surface area contributed by atoms with Gasteiger partial charge in [-0.3, -0.25) is 4.79 Å². The zero-order valence-corrected chi connectivity index (χ0v) is 13.2. The lowest BCUT2D eigenvalue weighted by molar-refractivity contribution is -0.140. The fourth-order valence-corrected chi connectivity index (χ4v) is 4.09. The van der Waals surface area contributed by atoms with E-state index in [-0.39, 0.29) is 24.9 Å². The van der Waals surface area contributed by atoms with Crippen molar-refractivity contribution < 1.29 is 21.6 Å². The molecule has 8 nitrogen and oxygen atoms in total. The number of piperazine rings is 1. The van der Waals surface area contributed by atoms with Crippen LogP contribution in [0.15, 0.2) is 0 Å². The zero-order chi connectivity index (χ0) is 15.1. The maximum Gasteiger partial charge on any atom is 0.228 e. The van der Waals surface area contributed by atoms with Crippen molar-refractivity contribution in [1.82, 2.24) is 13.5 Å². The number of nitrogens with zero attached hydrogens (tertiary/aromatic N) is 3. The summed E-state index contributed by atoms with van der Waals surface area (Å²) in [7, 11) is -6.42. The summed E-state index contributed by atoms with van der Waals surface area (Å²) in [6, 6.07) is 0. The van der Waals surface area contributed by atoms with Crippen LogP contribution in [0.1, 0.15) is 0 Å². The quantitative estimate of drug-likeness (QED) is 0.597. The summed E-state index contributed by atoms with van der Waals surface area (Å²) in [5.41, 5.74) is 0. The Bertz CT molecular complexity index is 586. The molecule has 0 N–H and O–H groups in total. The summed E-state index contributed by atoms with van der Waals surface area (Å²) in [6.07, 6.45) is 2.28. The van der Waals surface area contributed by atoms with Crippen LogP contribution in [-0.2, 0) is 24.8 Å². The van der Waals surface area contributed by atoms with Crippen LogP contribution in [0.5, 0.6) is 0 Å². The van der Waals surface area contributed by atoms with Gasteiger partial charge in [-0.1, -0.05) is 0 Å². The smallest absolute Gasteiger partial charge is 0.228 e. The van der Waals surface area contributed by atoms with Crippen LogP contribution < -0.4 is 0 Å². The van der Waals surface area contributed by atoms with Gasteiger partial charge in [0.05, 0.1) is 18.4 Å². The Morgan fingerprint density at radius 3 is 1.70 bits per heavy atom. The summed E-state index contributed by atoms with van der Waals surface area (Å²) in [5.74, 6) is -0.382. The number of rotatable bonds is 3. The van der Waals surface area contributed by atoms with E-state index in [0.29, 0.717) is 26.2 Å². The summed E-state index contributed by atoms with van der Waals surface area (Å²) in [5, 5.41) is 0. The fourth-order valence-electron chi connectivity index (χ4n) is 2.36. The van der Waals surface area contributed by atoms with Gasteiger partial charge in [0, 0.05) is 39.3 Å². The molecule has 0 atom stereocenters. The Kier molecular flexibility index (Phi) is 4.11. The molecule has 2 aliphatic heterocycles. The molecule has 0 saturated carbocycles. The largest absolute Gasteiger partial charge is 0.340 e. The highest BCUT2D eigenvalue weighted by Gasteiger charge is 2.40. The molecule has 1 amide bonds. The van der Waals surface area contributed by atoms with Gasteiger partial charge in [-0.2, -0.15) is 4.31 Å². The molecule has 2 rings (SSSR count). The lowest BCUT2D eigenvalue weighted by Crippen LogP contribution is -2.59. The first-order chi connectivity index (χ1) is 9.09. The zero-order valence-electron chi connectivity index (χ0n) is 11.5. The van der Waals surface area contributed by atoms with Crippen LogP contribution >= 0.6 is 0 Å². The van der Waals surface area contributed by atoms with Crippen LogP contribution in [-0.4, -0.2) is 88.0 Å². The number of hydrogen-bond donors (Lipinski definition) is 0. The normalized spacial score (nSPS) is 23.6. The summed E-state index contributed by atoms with van der Waals surface area (Å²) in [6.45, 7) is 1.77. The number of amides is 1. The second-order valence-electron chi connectivity index (χ2n) is 5.26. The predicted octanol–water partition coefficient (Wildman–Crippen LogP) is -2.02. The minimum absolute atomic E-state index is 0.0851. The highest BCUT2D eigenvalue weighted by Crippen LogP contribution is 2.21. The molecule has 0 bridgehead atoms. The van der Waals surface area contributed by atoms with Crippen molar-refractivity contribution in [2.75, 3.05) is 51.8 Å². The third-order valence-corrected chi connectivity index (χ3v) is 6.22. The maximum atomic E-state index is 12.1. The number of carbonyl (C=O) groups excluding carboxylic acids is 1. The molecule has 0 aromatic rings. The molecule has 0 aromatic heterocycles. The van der Waals surface area contributed by atoms with E-state index in [2.05, 4.69) is 0 Å². The van der Waals surface area contributed by atoms with Gasteiger partial charge < -0.3 is 4.90 Å². The molecule has 0 aliphatic carbocycles. The standard InChI is InChI=1S/C10H19N3O5S2/c1-19(15,16)12-5-3-11(4-6-12)10(14)9-7-13(8-9)20(2,17)18/h9H,3-8H2,1-2H3. The SMILES string of the molecule is CS(=O)(=O)N1CCN(C(=O)C2CN(S(C)(=O)=O)C2)CC1. The van der Waals surface area contributed by atoms with Gasteiger partial charge >= 0.3 is 0 Å². The lowest BCUT2D eigenvalue weighted by atomic mass is 10.0. The minimum Gasteiger partial charge on any atom is -0.340 e. The molecule has 20 heavy (non-hydrogen) atoms. The van der Waals surface area contributed by atoms with E-state index in [9.17, 15) is 21.6 Å². The van der Waals surface area contributed by atoms with Gasteiger partial charge in [0.15, 0.2) is 0 Å². The third kappa shape index (κ3) is 3.30. The van der Waals surface area contributed by atoms with E-state index >= 15 is 0 Å². The van der Waals surface area contributed by atoms with Crippen molar-refractivity contribution in [3.05, 3.63) is 0 Å². The fraction of sp³-hybridized carbons (Fsp3) is 0.900. The van der Waals surface area contributed by atoms with Crippen LogP contribution in [0, 0.1) is 5.92 Å². The van der Waals surface area contributed by atoms with Crippen molar-refractivity contribution in [2.45, 2.75) is 0 Å². The van der Waals surface area contributed by atoms with Gasteiger partial charge in [0.25, 0.3) is 0 Å². The Morgan fingerprint density at radius 1 is 0.850 bits per heavy atom. The van der Waals surface area contributed by atoms with E-state index in [1.54, 1.807) is 4.90 Å². The Labute approximate surface area is 119 Å². The average Bonchev–Trinajstić information content (AvgIpc) is 2.24. The summed E-state index contributed by atoms with van der Waals surface area (Å²) >= 11 is 0. The lowest BCUT2D eigenvalue weighted by Gasteiger charge is -2.41. The van der Waals surface area contributed by atoms with Crippen molar-refractivity contribution >= 4 is 26.0 Å². The maximum absolute atomic E-state index is 12.1. The molecule has 2 heterocycles.